The average Bonchev–Trinajstić information content (AvgIpc) is 2.67. The van der Waals surface area contributed by atoms with Crippen LogP contribution in [0.1, 0.15) is 25.6 Å². The molecule has 0 N–H and O–H groups in total. The molecule has 0 unspecified atom stereocenters. The van der Waals surface area contributed by atoms with Gasteiger partial charge in [0, 0.05) is 18.8 Å². The molecule has 0 saturated heterocycles. The van der Waals surface area contributed by atoms with E-state index < -0.39 is 0 Å². The lowest BCUT2D eigenvalue weighted by molar-refractivity contribution is 0.620. The maximum atomic E-state index is 13.6. The van der Waals surface area contributed by atoms with Gasteiger partial charge in [0.05, 0.1) is 5.52 Å². The first-order chi connectivity index (χ1) is 8.27. The van der Waals surface area contributed by atoms with Crippen molar-refractivity contribution in [3.8, 4) is 0 Å². The maximum absolute atomic E-state index is 13.6. The summed E-state index contributed by atoms with van der Waals surface area (Å²) in [5.74, 6) is 1.14. The molecule has 1 aromatic carbocycles. The lowest BCUT2D eigenvalue weighted by atomic mass is 10.3. The van der Waals surface area contributed by atoms with Crippen molar-refractivity contribution in [1.29, 1.82) is 0 Å². The Hall–Kier alpha value is -1.09. The van der Waals surface area contributed by atoms with Crippen LogP contribution < -0.4 is 0 Å². The number of halogens is 2. The predicted molar refractivity (Wildman–Crippen MR) is 69.0 cm³/mol. The second-order valence-corrected chi connectivity index (χ2v) is 4.46. The summed E-state index contributed by atoms with van der Waals surface area (Å²) in [6.07, 6.45) is 2.85. The van der Waals surface area contributed by atoms with E-state index in [4.69, 9.17) is 11.6 Å². The van der Waals surface area contributed by atoms with Gasteiger partial charge in [-0.25, -0.2) is 9.37 Å². The number of hydrogen-bond acceptors (Lipinski definition) is 1. The van der Waals surface area contributed by atoms with Gasteiger partial charge in [-0.2, -0.15) is 0 Å². The van der Waals surface area contributed by atoms with Crippen LogP contribution >= 0.6 is 11.6 Å². The zero-order valence-electron chi connectivity index (χ0n) is 9.92. The van der Waals surface area contributed by atoms with Gasteiger partial charge in [-0.15, -0.1) is 11.6 Å². The molecule has 0 aliphatic carbocycles. The van der Waals surface area contributed by atoms with Crippen molar-refractivity contribution in [1.82, 2.24) is 9.55 Å². The first-order valence-corrected chi connectivity index (χ1v) is 6.51. The van der Waals surface area contributed by atoms with E-state index in [2.05, 4.69) is 16.5 Å². The van der Waals surface area contributed by atoms with Gasteiger partial charge in [-0.1, -0.05) is 19.4 Å². The topological polar surface area (TPSA) is 17.8 Å². The molecule has 0 aliphatic rings. The monoisotopic (exact) mass is 254 g/mol. The van der Waals surface area contributed by atoms with Gasteiger partial charge in [-0.05, 0) is 18.6 Å². The number of fused-ring (bicyclic) bond motifs is 1. The Morgan fingerprint density at radius 1 is 1.41 bits per heavy atom. The predicted octanol–water partition coefficient (Wildman–Crippen LogP) is 3.76. The SMILES string of the molecule is CCCCn1c(CCCl)nc2c(F)cccc21. The summed E-state index contributed by atoms with van der Waals surface area (Å²) in [5, 5.41) is 0. The van der Waals surface area contributed by atoms with E-state index in [0.717, 1.165) is 30.7 Å². The molecular weight excluding hydrogens is 239 g/mol. The molecule has 0 radical (unpaired) electrons. The Bertz CT molecular complexity index is 507. The van der Waals surface area contributed by atoms with Crippen molar-refractivity contribution in [2.75, 3.05) is 5.88 Å². The molecule has 92 valence electrons. The lowest BCUT2D eigenvalue weighted by Crippen LogP contribution is -2.04. The van der Waals surface area contributed by atoms with Crippen LogP contribution in [0.4, 0.5) is 4.39 Å². The number of aryl methyl sites for hydroxylation is 2. The number of benzene rings is 1. The molecule has 0 spiro atoms. The minimum Gasteiger partial charge on any atom is -0.328 e. The molecule has 0 saturated carbocycles. The number of imidazole rings is 1. The van der Waals surface area contributed by atoms with Crippen molar-refractivity contribution in [2.45, 2.75) is 32.7 Å². The molecule has 0 fully saturated rings. The minimum absolute atomic E-state index is 0.256. The molecule has 0 bridgehead atoms. The van der Waals surface area contributed by atoms with Crippen LogP contribution in [-0.2, 0) is 13.0 Å². The van der Waals surface area contributed by atoms with E-state index in [9.17, 15) is 4.39 Å². The van der Waals surface area contributed by atoms with Crippen LogP contribution in [0.5, 0.6) is 0 Å². The fraction of sp³-hybridized carbons (Fsp3) is 0.462. The number of unbranched alkanes of at least 4 members (excludes halogenated alkanes) is 1. The molecule has 4 heteroatoms. The van der Waals surface area contributed by atoms with E-state index in [1.807, 2.05) is 6.07 Å². The van der Waals surface area contributed by atoms with E-state index in [-0.39, 0.29) is 5.82 Å². The van der Waals surface area contributed by atoms with Gasteiger partial charge in [0.1, 0.15) is 11.3 Å². The number of para-hydroxylation sites is 1. The molecule has 0 atom stereocenters. The van der Waals surface area contributed by atoms with Crippen molar-refractivity contribution in [3.05, 3.63) is 29.8 Å². The highest BCUT2D eigenvalue weighted by Gasteiger charge is 2.12. The van der Waals surface area contributed by atoms with Gasteiger partial charge in [0.15, 0.2) is 5.82 Å². The fourth-order valence-corrected chi connectivity index (χ4v) is 2.17. The molecule has 17 heavy (non-hydrogen) atoms. The highest BCUT2D eigenvalue weighted by molar-refractivity contribution is 6.17. The highest BCUT2D eigenvalue weighted by atomic mass is 35.5. The standard InChI is InChI=1S/C13H16ClFN2/c1-2-3-9-17-11-6-4-5-10(15)13(11)16-12(17)7-8-14/h4-6H,2-3,7-9H2,1H3. The van der Waals surface area contributed by atoms with Crippen molar-refractivity contribution in [3.63, 3.8) is 0 Å². The Morgan fingerprint density at radius 2 is 2.24 bits per heavy atom. The second-order valence-electron chi connectivity index (χ2n) is 4.08. The summed E-state index contributed by atoms with van der Waals surface area (Å²) >= 11 is 5.76. The van der Waals surface area contributed by atoms with E-state index in [1.54, 1.807) is 6.07 Å². The molecular formula is C13H16ClFN2. The quantitative estimate of drug-likeness (QED) is 0.743. The molecule has 0 aliphatic heterocycles. The smallest absolute Gasteiger partial charge is 0.151 e. The largest absolute Gasteiger partial charge is 0.328 e. The maximum Gasteiger partial charge on any atom is 0.151 e. The van der Waals surface area contributed by atoms with Gasteiger partial charge in [-0.3, -0.25) is 0 Å². The summed E-state index contributed by atoms with van der Waals surface area (Å²) in [6, 6.07) is 5.09. The summed E-state index contributed by atoms with van der Waals surface area (Å²) in [5.41, 5.74) is 1.34. The van der Waals surface area contributed by atoms with Crippen LogP contribution in [0.2, 0.25) is 0 Å². The summed E-state index contributed by atoms with van der Waals surface area (Å²) < 4.78 is 15.7. The molecule has 2 nitrogen and oxygen atoms in total. The Morgan fingerprint density at radius 3 is 2.94 bits per heavy atom. The zero-order chi connectivity index (χ0) is 12.3. The van der Waals surface area contributed by atoms with E-state index >= 15 is 0 Å². The summed E-state index contributed by atoms with van der Waals surface area (Å²) in [6.45, 7) is 3.02. The minimum atomic E-state index is -0.256. The van der Waals surface area contributed by atoms with Crippen LogP contribution in [0.15, 0.2) is 18.2 Å². The van der Waals surface area contributed by atoms with E-state index in [0.29, 0.717) is 17.8 Å². The fourth-order valence-electron chi connectivity index (χ4n) is 2.00. The van der Waals surface area contributed by atoms with Gasteiger partial charge < -0.3 is 4.57 Å². The first kappa shape index (κ1) is 12.4. The van der Waals surface area contributed by atoms with E-state index in [1.165, 1.54) is 6.07 Å². The van der Waals surface area contributed by atoms with Crippen molar-refractivity contribution >= 4 is 22.6 Å². The number of alkyl halides is 1. The van der Waals surface area contributed by atoms with Crippen molar-refractivity contribution < 1.29 is 4.39 Å². The third-order valence-electron chi connectivity index (χ3n) is 2.86. The number of nitrogens with zero attached hydrogens (tertiary/aromatic N) is 2. The third kappa shape index (κ3) is 2.44. The van der Waals surface area contributed by atoms with Crippen LogP contribution in [-0.4, -0.2) is 15.4 Å². The Labute approximate surface area is 105 Å². The molecule has 0 amide bonds. The second kappa shape index (κ2) is 5.50. The third-order valence-corrected chi connectivity index (χ3v) is 3.05. The van der Waals surface area contributed by atoms with Crippen LogP contribution in [0.25, 0.3) is 11.0 Å². The van der Waals surface area contributed by atoms with Gasteiger partial charge >= 0.3 is 0 Å². The highest BCUT2D eigenvalue weighted by Crippen LogP contribution is 2.20. The number of rotatable bonds is 5. The average molecular weight is 255 g/mol. The van der Waals surface area contributed by atoms with Gasteiger partial charge in [0.2, 0.25) is 0 Å². The summed E-state index contributed by atoms with van der Waals surface area (Å²) in [4.78, 5) is 4.36. The zero-order valence-corrected chi connectivity index (χ0v) is 10.7. The number of aromatic nitrogens is 2. The molecule has 1 aromatic heterocycles. The normalized spacial score (nSPS) is 11.2. The van der Waals surface area contributed by atoms with Crippen LogP contribution in [0, 0.1) is 5.82 Å². The van der Waals surface area contributed by atoms with Crippen molar-refractivity contribution in [2.24, 2.45) is 0 Å². The molecule has 1 heterocycles. The van der Waals surface area contributed by atoms with Gasteiger partial charge in [0.25, 0.3) is 0 Å². The number of hydrogen-bond donors (Lipinski definition) is 0. The lowest BCUT2D eigenvalue weighted by Gasteiger charge is -2.07. The van der Waals surface area contributed by atoms with Crippen LogP contribution in [0.3, 0.4) is 0 Å². The summed E-state index contributed by atoms with van der Waals surface area (Å²) in [7, 11) is 0. The molecule has 2 aromatic rings. The molecule has 2 rings (SSSR count). The first-order valence-electron chi connectivity index (χ1n) is 5.97. The Kier molecular flexibility index (Phi) is 4.00. The Balaban J connectivity index is 2.50.